The Balaban J connectivity index is 0.00000256. The minimum absolute atomic E-state index is 0. The first kappa shape index (κ1) is 28.2. The quantitative estimate of drug-likeness (QED) is 0.425. The van der Waals surface area contributed by atoms with E-state index in [1.807, 2.05) is 32.0 Å². The van der Waals surface area contributed by atoms with Gasteiger partial charge < -0.3 is 22.1 Å². The molecule has 2 aromatic rings. The molecule has 1 aromatic heterocycles. The Kier molecular flexibility index (Phi) is 10.9. The fraction of sp³-hybridized carbons (Fsp3) is 0.409. The fourth-order valence-electron chi connectivity index (χ4n) is 4.07. The van der Waals surface area contributed by atoms with E-state index in [0.717, 1.165) is 27.7 Å². The first-order chi connectivity index (χ1) is 14.2. The van der Waals surface area contributed by atoms with Gasteiger partial charge in [-0.05, 0) is 55.0 Å². The Bertz CT molecular complexity index is 929. The normalized spacial score (nSPS) is 20.5. The number of anilines is 1. The van der Waals surface area contributed by atoms with Crippen molar-refractivity contribution >= 4 is 58.4 Å². The Hall–Kier alpha value is -1.87. The summed E-state index contributed by atoms with van der Waals surface area (Å²) in [5.41, 5.74) is 14.1. The largest absolute Gasteiger partial charge is 0.384 e. The van der Waals surface area contributed by atoms with Crippen molar-refractivity contribution in [2.45, 2.75) is 45.3 Å². The summed E-state index contributed by atoms with van der Waals surface area (Å²) in [6, 6.07) is 11.1. The summed E-state index contributed by atoms with van der Waals surface area (Å²) in [6.07, 6.45) is 1.39. The van der Waals surface area contributed by atoms with E-state index >= 15 is 0 Å². The molecule has 10 heteroatoms. The number of hydrogen-bond donors (Lipinski definition) is 4. The van der Waals surface area contributed by atoms with E-state index in [0.29, 0.717) is 18.8 Å². The zero-order chi connectivity index (χ0) is 21.8. The van der Waals surface area contributed by atoms with E-state index in [4.69, 9.17) is 11.5 Å². The number of halogens is 3. The molecule has 3 rings (SSSR count). The zero-order valence-electron chi connectivity index (χ0n) is 18.0. The molecule has 6 N–H and O–H groups in total. The Morgan fingerprint density at radius 2 is 1.88 bits per heavy atom. The van der Waals surface area contributed by atoms with Crippen LogP contribution in [0.25, 0.3) is 0 Å². The van der Waals surface area contributed by atoms with Gasteiger partial charge >= 0.3 is 0 Å². The van der Waals surface area contributed by atoms with E-state index < -0.39 is 6.04 Å². The van der Waals surface area contributed by atoms with Gasteiger partial charge in [0.2, 0.25) is 11.8 Å². The van der Waals surface area contributed by atoms with E-state index in [2.05, 4.69) is 43.7 Å². The van der Waals surface area contributed by atoms with Crippen molar-refractivity contribution in [3.05, 3.63) is 57.7 Å². The van der Waals surface area contributed by atoms with Crippen molar-refractivity contribution < 1.29 is 9.59 Å². The highest BCUT2D eigenvalue weighted by Crippen LogP contribution is 2.30. The number of rotatable bonds is 7. The number of nitrogens with two attached hydrogens (primary N) is 2. The predicted octanol–water partition coefficient (Wildman–Crippen LogP) is 2.91. The smallest absolute Gasteiger partial charge is 0.234 e. The maximum Gasteiger partial charge on any atom is 0.234 e. The second-order valence-corrected chi connectivity index (χ2v) is 8.88. The number of pyridine rings is 1. The number of hydrogen-bond acceptors (Lipinski definition) is 5. The molecule has 2 amide bonds. The maximum atomic E-state index is 12.9. The van der Waals surface area contributed by atoms with Gasteiger partial charge in [0, 0.05) is 22.8 Å². The van der Waals surface area contributed by atoms with Gasteiger partial charge in [0.25, 0.3) is 0 Å². The highest BCUT2D eigenvalue weighted by Gasteiger charge is 2.41. The summed E-state index contributed by atoms with van der Waals surface area (Å²) in [5.74, 6) is -0.190. The van der Waals surface area contributed by atoms with Gasteiger partial charge in [0.05, 0.1) is 12.0 Å². The number of aromatic nitrogens is 1. The second kappa shape index (κ2) is 12.4. The highest BCUT2D eigenvalue weighted by molar-refractivity contribution is 9.10. The molecular weight excluding hydrogens is 517 g/mol. The first-order valence-corrected chi connectivity index (χ1v) is 10.8. The number of carbonyl (C=O) groups excluding carboxylic acids is 2. The molecule has 1 saturated heterocycles. The molecule has 0 bridgehead atoms. The van der Waals surface area contributed by atoms with Crippen molar-refractivity contribution in [1.82, 2.24) is 15.6 Å². The molecular formula is C22H30BrCl2N5O2. The lowest BCUT2D eigenvalue weighted by Crippen LogP contribution is -2.47. The number of nitrogens with one attached hydrogen (secondary N) is 2. The molecule has 0 aliphatic carbocycles. The number of carbonyl (C=O) groups is 2. The van der Waals surface area contributed by atoms with Crippen molar-refractivity contribution in [2.24, 2.45) is 17.6 Å². The topological polar surface area (TPSA) is 123 Å². The molecule has 0 spiro atoms. The summed E-state index contributed by atoms with van der Waals surface area (Å²) in [4.78, 5) is 28.9. The monoisotopic (exact) mass is 545 g/mol. The zero-order valence-corrected chi connectivity index (χ0v) is 21.2. The van der Waals surface area contributed by atoms with Crippen molar-refractivity contribution in [3.8, 4) is 0 Å². The Labute approximate surface area is 209 Å². The molecule has 1 aliphatic rings. The third kappa shape index (κ3) is 7.07. The van der Waals surface area contributed by atoms with E-state index in [1.54, 1.807) is 6.07 Å². The Morgan fingerprint density at radius 3 is 2.47 bits per heavy atom. The van der Waals surface area contributed by atoms with Gasteiger partial charge in [0.1, 0.15) is 5.82 Å². The van der Waals surface area contributed by atoms with Gasteiger partial charge in [-0.3, -0.25) is 9.59 Å². The molecule has 0 saturated carbocycles. The number of nitrogen functional groups attached to an aromatic ring is 1. The van der Waals surface area contributed by atoms with Crippen molar-refractivity contribution in [2.75, 3.05) is 5.73 Å². The lowest BCUT2D eigenvalue weighted by atomic mass is 9.85. The molecule has 0 radical (unpaired) electrons. The van der Waals surface area contributed by atoms with Crippen LogP contribution < -0.4 is 22.1 Å². The van der Waals surface area contributed by atoms with Gasteiger partial charge in [-0.1, -0.05) is 41.1 Å². The van der Waals surface area contributed by atoms with Crippen LogP contribution in [-0.2, 0) is 22.6 Å². The molecule has 1 aromatic carbocycles. The van der Waals surface area contributed by atoms with Crippen LogP contribution in [-0.4, -0.2) is 28.9 Å². The van der Waals surface area contributed by atoms with Crippen molar-refractivity contribution in [3.63, 3.8) is 0 Å². The van der Waals surface area contributed by atoms with Crippen LogP contribution in [0.4, 0.5) is 5.82 Å². The summed E-state index contributed by atoms with van der Waals surface area (Å²) in [7, 11) is 0. The van der Waals surface area contributed by atoms with E-state index in [-0.39, 0.29) is 54.5 Å². The molecule has 1 aliphatic heterocycles. The molecule has 4 unspecified atom stereocenters. The minimum atomic E-state index is -0.422. The first-order valence-electron chi connectivity index (χ1n) is 10.0. The average Bonchev–Trinajstić information content (AvgIpc) is 3.12. The SMILES string of the molecule is Cc1nc(N)ccc1CNC(=O)C(C)C1NC(C(N)=O)CC1Cc1ccc(Br)cc1.Cl.Cl. The summed E-state index contributed by atoms with van der Waals surface area (Å²) in [6.45, 7) is 4.14. The maximum absolute atomic E-state index is 12.9. The predicted molar refractivity (Wildman–Crippen MR) is 135 cm³/mol. The second-order valence-electron chi connectivity index (χ2n) is 7.96. The molecule has 32 heavy (non-hydrogen) atoms. The lowest BCUT2D eigenvalue weighted by molar-refractivity contribution is -0.126. The van der Waals surface area contributed by atoms with Gasteiger partial charge in [-0.2, -0.15) is 0 Å². The van der Waals surface area contributed by atoms with E-state index in [1.165, 1.54) is 0 Å². The molecule has 2 heterocycles. The molecule has 1 fully saturated rings. The van der Waals surface area contributed by atoms with Crippen LogP contribution in [0.2, 0.25) is 0 Å². The van der Waals surface area contributed by atoms with Gasteiger partial charge in [0.15, 0.2) is 0 Å². The molecule has 176 valence electrons. The third-order valence-corrected chi connectivity index (χ3v) is 6.35. The van der Waals surface area contributed by atoms with Crippen LogP contribution in [0.1, 0.15) is 30.2 Å². The summed E-state index contributed by atoms with van der Waals surface area (Å²) >= 11 is 3.45. The van der Waals surface area contributed by atoms with Crippen LogP contribution in [0.3, 0.4) is 0 Å². The third-order valence-electron chi connectivity index (χ3n) is 5.82. The average molecular weight is 547 g/mol. The number of benzene rings is 1. The van der Waals surface area contributed by atoms with Crippen LogP contribution >= 0.6 is 40.7 Å². The van der Waals surface area contributed by atoms with Crippen molar-refractivity contribution in [1.29, 1.82) is 0 Å². The lowest BCUT2D eigenvalue weighted by Gasteiger charge is -2.25. The van der Waals surface area contributed by atoms with Crippen LogP contribution in [0, 0.1) is 18.8 Å². The molecule has 7 nitrogen and oxygen atoms in total. The van der Waals surface area contributed by atoms with Crippen LogP contribution in [0.15, 0.2) is 40.9 Å². The Morgan fingerprint density at radius 1 is 1.22 bits per heavy atom. The number of nitrogens with zero attached hydrogens (tertiary/aromatic N) is 1. The summed E-state index contributed by atoms with van der Waals surface area (Å²) in [5, 5.41) is 6.29. The standard InChI is InChI=1S/C22H28BrN5O2.2ClH/c1-12(22(30)26-11-15-5-8-19(24)27-13(15)2)20-16(10-18(28-20)21(25)29)9-14-3-6-17(23)7-4-14;;/h3-8,12,16,18,20,28H,9-11H2,1-2H3,(H2,24,27)(H2,25,29)(H,26,30);2*1H. The fourth-order valence-corrected chi connectivity index (χ4v) is 4.34. The number of aryl methyl sites for hydroxylation is 1. The number of primary amides is 1. The van der Waals surface area contributed by atoms with E-state index in [9.17, 15) is 9.59 Å². The summed E-state index contributed by atoms with van der Waals surface area (Å²) < 4.78 is 1.02. The minimum Gasteiger partial charge on any atom is -0.384 e. The van der Waals surface area contributed by atoms with Gasteiger partial charge in [-0.25, -0.2) is 4.98 Å². The molecule has 4 atom stereocenters. The van der Waals surface area contributed by atoms with Crippen LogP contribution in [0.5, 0.6) is 0 Å². The van der Waals surface area contributed by atoms with Gasteiger partial charge in [-0.15, -0.1) is 24.8 Å². The number of amides is 2. The highest BCUT2D eigenvalue weighted by atomic mass is 79.9.